The van der Waals surface area contributed by atoms with Crippen LogP contribution in [0.5, 0.6) is 0 Å². The molecule has 1 heterocycles. The van der Waals surface area contributed by atoms with Crippen LogP contribution in [0.2, 0.25) is 5.15 Å². The van der Waals surface area contributed by atoms with Gasteiger partial charge in [-0.1, -0.05) is 41.9 Å². The van der Waals surface area contributed by atoms with Crippen LogP contribution < -0.4 is 5.32 Å². The van der Waals surface area contributed by atoms with Gasteiger partial charge in [0.15, 0.2) is 0 Å². The van der Waals surface area contributed by atoms with E-state index in [2.05, 4.69) is 10.3 Å². The Kier molecular flexibility index (Phi) is 5.69. The number of aromatic nitrogens is 1. The van der Waals surface area contributed by atoms with Crippen LogP contribution in [-0.4, -0.2) is 22.5 Å². The summed E-state index contributed by atoms with van der Waals surface area (Å²) in [5.41, 5.74) is 2.58. The average molecular weight is 317 g/mol. The number of nitrogens with one attached hydrogen (secondary N) is 1. The quantitative estimate of drug-likeness (QED) is 0.658. The fourth-order valence-electron chi connectivity index (χ4n) is 1.98. The van der Waals surface area contributed by atoms with Gasteiger partial charge in [0, 0.05) is 18.8 Å². The van der Waals surface area contributed by atoms with Gasteiger partial charge in [0.25, 0.3) is 0 Å². The van der Waals surface area contributed by atoms with Gasteiger partial charge < -0.3 is 10.4 Å². The number of pyridine rings is 1. The normalized spacial score (nSPS) is 12.3. The predicted octanol–water partition coefficient (Wildman–Crippen LogP) is 2.91. The Bertz CT molecular complexity index is 669. The molecule has 0 aliphatic carbocycles. The molecule has 1 aromatic carbocycles. The van der Waals surface area contributed by atoms with E-state index in [4.69, 9.17) is 11.6 Å². The molecule has 2 N–H and O–H groups in total. The number of hydrogen-bond acceptors (Lipinski definition) is 3. The van der Waals surface area contributed by atoms with Crippen LogP contribution in [0.25, 0.3) is 6.08 Å². The summed E-state index contributed by atoms with van der Waals surface area (Å²) in [4.78, 5) is 15.7. The lowest BCUT2D eigenvalue weighted by atomic mass is 10.0. The lowest BCUT2D eigenvalue weighted by Crippen LogP contribution is -2.26. The minimum absolute atomic E-state index is 0.160. The van der Waals surface area contributed by atoms with E-state index in [9.17, 15) is 9.90 Å². The number of aliphatic hydroxyl groups is 1. The van der Waals surface area contributed by atoms with Crippen LogP contribution in [0.4, 0.5) is 0 Å². The fourth-order valence-corrected chi connectivity index (χ4v) is 2.10. The molecule has 1 unspecified atom stereocenters. The molecule has 0 saturated heterocycles. The summed E-state index contributed by atoms with van der Waals surface area (Å²) >= 11 is 5.69. The lowest BCUT2D eigenvalue weighted by Gasteiger charge is -2.13. The minimum atomic E-state index is -0.726. The van der Waals surface area contributed by atoms with E-state index in [-0.39, 0.29) is 12.5 Å². The van der Waals surface area contributed by atoms with Crippen molar-refractivity contribution >= 4 is 23.6 Å². The number of carbonyl (C=O) groups excluding carboxylic acids is 1. The molecule has 4 nitrogen and oxygen atoms in total. The van der Waals surface area contributed by atoms with Crippen LogP contribution in [0, 0.1) is 6.92 Å². The molecule has 0 bridgehead atoms. The van der Waals surface area contributed by atoms with E-state index in [0.717, 1.165) is 16.7 Å². The first kappa shape index (κ1) is 16.2. The van der Waals surface area contributed by atoms with Crippen molar-refractivity contribution < 1.29 is 9.90 Å². The van der Waals surface area contributed by atoms with Crippen molar-refractivity contribution in [2.75, 3.05) is 6.54 Å². The van der Waals surface area contributed by atoms with Crippen LogP contribution >= 0.6 is 11.6 Å². The fraction of sp³-hybridized carbons (Fsp3) is 0.176. The van der Waals surface area contributed by atoms with Gasteiger partial charge in [-0.15, -0.1) is 0 Å². The second-order valence-corrected chi connectivity index (χ2v) is 5.25. The summed E-state index contributed by atoms with van der Waals surface area (Å²) in [6, 6.07) is 11.0. The molecule has 22 heavy (non-hydrogen) atoms. The van der Waals surface area contributed by atoms with Crippen molar-refractivity contribution in [1.29, 1.82) is 0 Å². The first-order chi connectivity index (χ1) is 10.6. The molecule has 1 atom stereocenters. The maximum Gasteiger partial charge on any atom is 0.244 e. The molecule has 1 aromatic heterocycles. The number of amides is 1. The van der Waals surface area contributed by atoms with Gasteiger partial charge in [-0.25, -0.2) is 4.98 Å². The third kappa shape index (κ3) is 4.69. The summed E-state index contributed by atoms with van der Waals surface area (Å²) in [7, 11) is 0. The zero-order valence-electron chi connectivity index (χ0n) is 12.2. The van der Waals surface area contributed by atoms with Crippen molar-refractivity contribution in [3.63, 3.8) is 0 Å². The molecular weight excluding hydrogens is 300 g/mol. The minimum Gasteiger partial charge on any atom is -0.387 e. The van der Waals surface area contributed by atoms with Gasteiger partial charge in [-0.2, -0.15) is 0 Å². The average Bonchev–Trinajstić information content (AvgIpc) is 2.52. The SMILES string of the molecule is Cc1ccccc1C(O)CNC(=O)/C=C/c1ccc(Cl)nc1. The number of hydrogen-bond donors (Lipinski definition) is 2. The lowest BCUT2D eigenvalue weighted by molar-refractivity contribution is -0.116. The highest BCUT2D eigenvalue weighted by Gasteiger charge is 2.10. The number of aryl methyl sites for hydroxylation is 1. The molecule has 0 spiro atoms. The van der Waals surface area contributed by atoms with Gasteiger partial charge in [-0.05, 0) is 35.8 Å². The first-order valence-corrected chi connectivity index (χ1v) is 7.25. The van der Waals surface area contributed by atoms with E-state index in [1.807, 2.05) is 31.2 Å². The van der Waals surface area contributed by atoms with Crippen LogP contribution in [0.1, 0.15) is 22.8 Å². The number of carbonyl (C=O) groups is 1. The Hall–Kier alpha value is -2.17. The summed E-state index contributed by atoms with van der Waals surface area (Å²) in [6.07, 6.45) is 3.89. The Morgan fingerprint density at radius 2 is 2.14 bits per heavy atom. The topological polar surface area (TPSA) is 62.2 Å². The second-order valence-electron chi connectivity index (χ2n) is 4.87. The Labute approximate surface area is 134 Å². The highest BCUT2D eigenvalue weighted by molar-refractivity contribution is 6.29. The van der Waals surface area contributed by atoms with E-state index in [1.165, 1.54) is 6.08 Å². The largest absolute Gasteiger partial charge is 0.387 e. The van der Waals surface area contributed by atoms with Gasteiger partial charge >= 0.3 is 0 Å². The molecule has 2 rings (SSSR count). The number of nitrogens with zero attached hydrogens (tertiary/aromatic N) is 1. The summed E-state index contributed by atoms with van der Waals surface area (Å²) in [5.74, 6) is -0.275. The maximum atomic E-state index is 11.7. The molecule has 2 aromatic rings. The van der Waals surface area contributed by atoms with Crippen LogP contribution in [0.15, 0.2) is 48.7 Å². The third-order valence-corrected chi connectivity index (χ3v) is 3.42. The molecule has 0 fully saturated rings. The van der Waals surface area contributed by atoms with Gasteiger partial charge in [-0.3, -0.25) is 4.79 Å². The summed E-state index contributed by atoms with van der Waals surface area (Å²) in [6.45, 7) is 2.08. The Morgan fingerprint density at radius 1 is 1.36 bits per heavy atom. The molecular formula is C17H17ClN2O2. The van der Waals surface area contributed by atoms with E-state index in [1.54, 1.807) is 24.4 Å². The highest BCUT2D eigenvalue weighted by atomic mass is 35.5. The molecule has 5 heteroatoms. The zero-order valence-corrected chi connectivity index (χ0v) is 12.9. The standard InChI is InChI=1S/C17H17ClN2O2/c1-12-4-2-3-5-14(12)15(21)11-20-17(22)9-7-13-6-8-16(18)19-10-13/h2-10,15,21H,11H2,1H3,(H,20,22)/b9-7+. The second kappa shape index (κ2) is 7.73. The van der Waals surface area contributed by atoms with E-state index in [0.29, 0.717) is 5.15 Å². The molecule has 0 radical (unpaired) electrons. The number of benzene rings is 1. The monoisotopic (exact) mass is 316 g/mol. The van der Waals surface area contributed by atoms with Crippen molar-refractivity contribution in [2.24, 2.45) is 0 Å². The van der Waals surface area contributed by atoms with Gasteiger partial charge in [0.1, 0.15) is 5.15 Å². The van der Waals surface area contributed by atoms with E-state index >= 15 is 0 Å². The van der Waals surface area contributed by atoms with E-state index < -0.39 is 6.10 Å². The summed E-state index contributed by atoms with van der Waals surface area (Å²) < 4.78 is 0. The van der Waals surface area contributed by atoms with Gasteiger partial charge in [0.2, 0.25) is 5.91 Å². The zero-order chi connectivity index (χ0) is 15.9. The summed E-state index contributed by atoms with van der Waals surface area (Å²) in [5, 5.41) is 13.2. The third-order valence-electron chi connectivity index (χ3n) is 3.19. The van der Waals surface area contributed by atoms with Crippen molar-refractivity contribution in [3.8, 4) is 0 Å². The Morgan fingerprint density at radius 3 is 2.82 bits per heavy atom. The van der Waals surface area contributed by atoms with Crippen LogP contribution in [-0.2, 0) is 4.79 Å². The number of rotatable bonds is 5. The molecule has 114 valence electrons. The molecule has 0 aliphatic heterocycles. The highest BCUT2D eigenvalue weighted by Crippen LogP contribution is 2.16. The van der Waals surface area contributed by atoms with Crippen molar-refractivity contribution in [3.05, 3.63) is 70.5 Å². The Balaban J connectivity index is 1.87. The number of aliphatic hydroxyl groups excluding tert-OH is 1. The number of halogens is 1. The predicted molar refractivity (Wildman–Crippen MR) is 87.4 cm³/mol. The van der Waals surface area contributed by atoms with Crippen LogP contribution in [0.3, 0.4) is 0 Å². The van der Waals surface area contributed by atoms with Crippen molar-refractivity contribution in [1.82, 2.24) is 10.3 Å². The van der Waals surface area contributed by atoms with Gasteiger partial charge in [0.05, 0.1) is 6.10 Å². The molecule has 0 saturated carbocycles. The molecule has 0 aliphatic rings. The smallest absolute Gasteiger partial charge is 0.244 e. The maximum absolute atomic E-state index is 11.7. The first-order valence-electron chi connectivity index (χ1n) is 6.87. The van der Waals surface area contributed by atoms with Crippen molar-refractivity contribution in [2.45, 2.75) is 13.0 Å². The molecule has 1 amide bonds.